The van der Waals surface area contributed by atoms with Crippen molar-refractivity contribution in [3.05, 3.63) is 29.8 Å². The Balaban J connectivity index is 1.80. The van der Waals surface area contributed by atoms with E-state index in [1.165, 1.54) is 5.56 Å². The second-order valence-corrected chi connectivity index (χ2v) is 4.76. The molecule has 2 N–H and O–H groups in total. The molecule has 1 saturated heterocycles. The summed E-state index contributed by atoms with van der Waals surface area (Å²) in [6, 6.07) is 7.87. The number of hydrogen-bond acceptors (Lipinski definition) is 3. The van der Waals surface area contributed by atoms with E-state index in [0.717, 1.165) is 31.7 Å². The molecule has 1 amide bonds. The van der Waals surface area contributed by atoms with E-state index in [1.807, 2.05) is 31.2 Å². The quantitative estimate of drug-likeness (QED) is 0.855. The highest BCUT2D eigenvalue weighted by Gasteiger charge is 2.28. The van der Waals surface area contributed by atoms with Crippen LogP contribution < -0.4 is 10.5 Å². The molecule has 1 aromatic carbocycles. The van der Waals surface area contributed by atoms with Gasteiger partial charge >= 0.3 is 0 Å². The number of amides is 1. The molecule has 2 rings (SSSR count). The highest BCUT2D eigenvalue weighted by molar-refractivity contribution is 5.80. The summed E-state index contributed by atoms with van der Waals surface area (Å²) >= 11 is 0. The predicted molar refractivity (Wildman–Crippen MR) is 70.5 cm³/mol. The van der Waals surface area contributed by atoms with Crippen molar-refractivity contribution in [2.24, 2.45) is 5.73 Å². The van der Waals surface area contributed by atoms with E-state index in [9.17, 15) is 4.79 Å². The summed E-state index contributed by atoms with van der Waals surface area (Å²) in [5.74, 6) is 0.660. The van der Waals surface area contributed by atoms with Crippen LogP contribution in [0.1, 0.15) is 18.4 Å². The average molecular weight is 248 g/mol. The molecule has 1 atom stereocenters. The molecule has 98 valence electrons. The van der Waals surface area contributed by atoms with E-state index in [-0.39, 0.29) is 11.9 Å². The summed E-state index contributed by atoms with van der Waals surface area (Å²) in [4.78, 5) is 13.3. The van der Waals surface area contributed by atoms with E-state index in [1.54, 1.807) is 0 Å². The van der Waals surface area contributed by atoms with Crippen LogP contribution in [0.25, 0.3) is 0 Å². The van der Waals surface area contributed by atoms with Crippen LogP contribution in [0, 0.1) is 6.92 Å². The third kappa shape index (κ3) is 3.23. The van der Waals surface area contributed by atoms with Gasteiger partial charge in [-0.3, -0.25) is 9.69 Å². The van der Waals surface area contributed by atoms with Crippen LogP contribution in [-0.2, 0) is 4.79 Å². The maximum Gasteiger partial charge on any atom is 0.234 e. The van der Waals surface area contributed by atoms with Gasteiger partial charge < -0.3 is 10.5 Å². The van der Waals surface area contributed by atoms with E-state index in [4.69, 9.17) is 10.5 Å². The SMILES string of the molecule is Cc1cccc(OCCN2CCCC2C(N)=O)c1. The maximum absolute atomic E-state index is 11.2. The first kappa shape index (κ1) is 12.9. The van der Waals surface area contributed by atoms with Crippen LogP contribution >= 0.6 is 0 Å². The van der Waals surface area contributed by atoms with Crippen LogP contribution in [0.2, 0.25) is 0 Å². The van der Waals surface area contributed by atoms with Gasteiger partial charge in [-0.15, -0.1) is 0 Å². The number of primary amides is 1. The Hall–Kier alpha value is -1.55. The normalized spacial score (nSPS) is 19.9. The Kier molecular flexibility index (Phi) is 4.20. The van der Waals surface area contributed by atoms with Crippen molar-refractivity contribution in [2.45, 2.75) is 25.8 Å². The van der Waals surface area contributed by atoms with Crippen LogP contribution in [-0.4, -0.2) is 36.5 Å². The Bertz CT molecular complexity index is 420. The van der Waals surface area contributed by atoms with Crippen molar-refractivity contribution in [1.29, 1.82) is 0 Å². The van der Waals surface area contributed by atoms with Crippen LogP contribution in [0.5, 0.6) is 5.75 Å². The number of rotatable bonds is 5. The number of carbonyl (C=O) groups is 1. The van der Waals surface area contributed by atoms with Crippen molar-refractivity contribution >= 4 is 5.91 Å². The molecule has 1 aliphatic rings. The number of nitrogens with two attached hydrogens (primary N) is 1. The fraction of sp³-hybridized carbons (Fsp3) is 0.500. The lowest BCUT2D eigenvalue weighted by atomic mass is 10.2. The molecule has 1 unspecified atom stereocenters. The zero-order chi connectivity index (χ0) is 13.0. The Morgan fingerprint density at radius 1 is 1.56 bits per heavy atom. The van der Waals surface area contributed by atoms with E-state index in [2.05, 4.69) is 4.90 Å². The number of benzene rings is 1. The second-order valence-electron chi connectivity index (χ2n) is 4.76. The third-order valence-electron chi connectivity index (χ3n) is 3.33. The lowest BCUT2D eigenvalue weighted by Crippen LogP contribution is -2.42. The van der Waals surface area contributed by atoms with Gasteiger partial charge in [-0.2, -0.15) is 0 Å². The van der Waals surface area contributed by atoms with Gasteiger partial charge in [0.25, 0.3) is 0 Å². The Morgan fingerprint density at radius 3 is 3.11 bits per heavy atom. The largest absolute Gasteiger partial charge is 0.492 e. The van der Waals surface area contributed by atoms with Gasteiger partial charge in [0.05, 0.1) is 6.04 Å². The molecule has 1 aromatic rings. The summed E-state index contributed by atoms with van der Waals surface area (Å²) in [6.07, 6.45) is 1.91. The number of nitrogens with zero attached hydrogens (tertiary/aromatic N) is 1. The molecule has 0 bridgehead atoms. The topological polar surface area (TPSA) is 55.6 Å². The smallest absolute Gasteiger partial charge is 0.234 e. The van der Waals surface area contributed by atoms with Gasteiger partial charge in [-0.25, -0.2) is 0 Å². The fourth-order valence-electron chi connectivity index (χ4n) is 2.40. The molecule has 0 aliphatic carbocycles. The minimum atomic E-state index is -0.219. The standard InChI is InChI=1S/C14H20N2O2/c1-11-4-2-5-12(10-11)18-9-8-16-7-3-6-13(16)14(15)17/h2,4-5,10,13H,3,6-9H2,1H3,(H2,15,17). The highest BCUT2D eigenvalue weighted by Crippen LogP contribution is 2.17. The molecule has 0 aromatic heterocycles. The monoisotopic (exact) mass is 248 g/mol. The summed E-state index contributed by atoms with van der Waals surface area (Å²) < 4.78 is 5.68. The number of carbonyl (C=O) groups excluding carboxylic acids is 1. The van der Waals surface area contributed by atoms with Crippen molar-refractivity contribution in [1.82, 2.24) is 4.90 Å². The Labute approximate surface area is 108 Å². The summed E-state index contributed by atoms with van der Waals surface area (Å²) in [6.45, 7) is 4.32. The van der Waals surface area contributed by atoms with Crippen molar-refractivity contribution < 1.29 is 9.53 Å². The fourth-order valence-corrected chi connectivity index (χ4v) is 2.40. The summed E-state index contributed by atoms with van der Waals surface area (Å²) in [7, 11) is 0. The average Bonchev–Trinajstić information content (AvgIpc) is 2.77. The molecular formula is C14H20N2O2. The molecular weight excluding hydrogens is 228 g/mol. The lowest BCUT2D eigenvalue weighted by molar-refractivity contribution is -0.122. The van der Waals surface area contributed by atoms with Crippen LogP contribution in [0.15, 0.2) is 24.3 Å². The zero-order valence-electron chi connectivity index (χ0n) is 10.8. The molecule has 1 fully saturated rings. The Morgan fingerprint density at radius 2 is 2.39 bits per heavy atom. The van der Waals surface area contributed by atoms with E-state index in [0.29, 0.717) is 6.61 Å². The molecule has 18 heavy (non-hydrogen) atoms. The molecule has 1 aliphatic heterocycles. The first-order valence-electron chi connectivity index (χ1n) is 6.39. The molecule has 0 radical (unpaired) electrons. The number of likely N-dealkylation sites (tertiary alicyclic amines) is 1. The van der Waals surface area contributed by atoms with Crippen molar-refractivity contribution in [3.63, 3.8) is 0 Å². The van der Waals surface area contributed by atoms with Crippen LogP contribution in [0.4, 0.5) is 0 Å². The third-order valence-corrected chi connectivity index (χ3v) is 3.33. The van der Waals surface area contributed by atoms with Gasteiger partial charge in [0, 0.05) is 6.54 Å². The maximum atomic E-state index is 11.2. The number of hydrogen-bond donors (Lipinski definition) is 1. The van der Waals surface area contributed by atoms with Crippen LogP contribution in [0.3, 0.4) is 0 Å². The minimum Gasteiger partial charge on any atom is -0.492 e. The summed E-state index contributed by atoms with van der Waals surface area (Å²) in [5.41, 5.74) is 6.55. The second kappa shape index (κ2) is 5.87. The van der Waals surface area contributed by atoms with Gasteiger partial charge in [-0.1, -0.05) is 12.1 Å². The number of ether oxygens (including phenoxy) is 1. The highest BCUT2D eigenvalue weighted by atomic mass is 16.5. The van der Waals surface area contributed by atoms with Gasteiger partial charge in [-0.05, 0) is 44.0 Å². The molecule has 1 heterocycles. The molecule has 0 saturated carbocycles. The van der Waals surface area contributed by atoms with Crippen molar-refractivity contribution in [3.8, 4) is 5.75 Å². The van der Waals surface area contributed by atoms with Crippen molar-refractivity contribution in [2.75, 3.05) is 19.7 Å². The predicted octanol–water partition coefficient (Wildman–Crippen LogP) is 1.32. The van der Waals surface area contributed by atoms with Gasteiger partial charge in [0.2, 0.25) is 5.91 Å². The zero-order valence-corrected chi connectivity index (χ0v) is 10.8. The molecule has 4 nitrogen and oxygen atoms in total. The number of aryl methyl sites for hydroxylation is 1. The molecule has 4 heteroatoms. The van der Waals surface area contributed by atoms with E-state index < -0.39 is 0 Å². The van der Waals surface area contributed by atoms with Gasteiger partial charge in [0.15, 0.2) is 0 Å². The van der Waals surface area contributed by atoms with Gasteiger partial charge in [0.1, 0.15) is 12.4 Å². The molecule has 0 spiro atoms. The first-order valence-corrected chi connectivity index (χ1v) is 6.39. The first-order chi connectivity index (χ1) is 8.66. The summed E-state index contributed by atoms with van der Waals surface area (Å²) in [5, 5.41) is 0. The van der Waals surface area contributed by atoms with E-state index >= 15 is 0 Å². The lowest BCUT2D eigenvalue weighted by Gasteiger charge is -2.21. The minimum absolute atomic E-state index is 0.105.